The van der Waals surface area contributed by atoms with E-state index in [4.69, 9.17) is 11.6 Å². The lowest BCUT2D eigenvalue weighted by molar-refractivity contribution is -0.127. The highest BCUT2D eigenvalue weighted by Gasteiger charge is 2.19. The quantitative estimate of drug-likeness (QED) is 0.509. The summed E-state index contributed by atoms with van der Waals surface area (Å²) in [5.41, 5.74) is 1.71. The van der Waals surface area contributed by atoms with Gasteiger partial charge in [0.1, 0.15) is 0 Å². The molecule has 0 aliphatic rings. The number of benzene rings is 1. The number of halogens is 1. The van der Waals surface area contributed by atoms with Gasteiger partial charge in [0.15, 0.2) is 5.78 Å². The molecule has 0 aromatic heterocycles. The van der Waals surface area contributed by atoms with Gasteiger partial charge in [0.2, 0.25) is 5.91 Å². The van der Waals surface area contributed by atoms with Crippen LogP contribution >= 0.6 is 11.6 Å². The van der Waals surface area contributed by atoms with E-state index < -0.39 is 5.92 Å². The van der Waals surface area contributed by atoms with Crippen LogP contribution in [0.5, 0.6) is 0 Å². The summed E-state index contributed by atoms with van der Waals surface area (Å²) in [5, 5.41) is 2.95. The van der Waals surface area contributed by atoms with E-state index in [0.29, 0.717) is 5.69 Å². The van der Waals surface area contributed by atoms with Gasteiger partial charge in [-0.2, -0.15) is 0 Å². The molecule has 1 aromatic rings. The van der Waals surface area contributed by atoms with Gasteiger partial charge in [-0.3, -0.25) is 9.59 Å². The summed E-state index contributed by atoms with van der Waals surface area (Å²) < 4.78 is 0. The molecule has 0 aliphatic heterocycles. The van der Waals surface area contributed by atoms with Crippen LogP contribution < -0.4 is 5.32 Å². The highest BCUT2D eigenvalue weighted by Crippen LogP contribution is 2.12. The largest absolute Gasteiger partial charge is 0.325 e. The molecule has 0 radical (unpaired) electrons. The Kier molecular flexibility index (Phi) is 5.52. The zero-order chi connectivity index (χ0) is 14.4. The van der Waals surface area contributed by atoms with Gasteiger partial charge in [-0.15, -0.1) is 0 Å². The fraction of sp³-hybridized carbons (Fsp3) is 0.200. The Morgan fingerprint density at radius 1 is 1.37 bits per heavy atom. The molecule has 100 valence electrons. The molecule has 3 nitrogen and oxygen atoms in total. The zero-order valence-electron chi connectivity index (χ0n) is 10.9. The van der Waals surface area contributed by atoms with Gasteiger partial charge in [-0.05, 0) is 43.7 Å². The van der Waals surface area contributed by atoms with E-state index in [1.54, 1.807) is 13.0 Å². The van der Waals surface area contributed by atoms with Crippen molar-refractivity contribution in [2.24, 2.45) is 5.92 Å². The van der Waals surface area contributed by atoms with Crippen LogP contribution in [-0.4, -0.2) is 11.7 Å². The number of rotatable bonds is 5. The van der Waals surface area contributed by atoms with Crippen LogP contribution in [0.4, 0.5) is 5.69 Å². The third kappa shape index (κ3) is 5.10. The van der Waals surface area contributed by atoms with Crippen LogP contribution in [0, 0.1) is 12.8 Å². The maximum absolute atomic E-state index is 11.9. The molecule has 0 fully saturated rings. The minimum absolute atomic E-state index is 0.250. The van der Waals surface area contributed by atoms with E-state index in [9.17, 15) is 9.59 Å². The number of hydrogen-bond donors (Lipinski definition) is 1. The molecule has 1 unspecified atom stereocenters. The molecule has 1 amide bonds. The first-order valence-corrected chi connectivity index (χ1v) is 6.22. The van der Waals surface area contributed by atoms with Gasteiger partial charge < -0.3 is 5.32 Å². The first-order chi connectivity index (χ1) is 8.90. The smallest absolute Gasteiger partial charge is 0.235 e. The molecule has 1 atom stereocenters. The van der Waals surface area contributed by atoms with Gasteiger partial charge in [0.05, 0.1) is 5.92 Å². The van der Waals surface area contributed by atoms with Crippen LogP contribution in [0.3, 0.4) is 0 Å². The summed E-state index contributed by atoms with van der Waals surface area (Å²) in [4.78, 5) is 23.6. The molecule has 1 aromatic carbocycles. The first-order valence-electron chi connectivity index (χ1n) is 5.84. The number of amides is 1. The summed E-state index contributed by atoms with van der Waals surface area (Å²) in [6.45, 7) is 6.91. The second-order valence-corrected chi connectivity index (χ2v) is 4.75. The average molecular weight is 278 g/mol. The zero-order valence-corrected chi connectivity index (χ0v) is 11.7. The Balaban J connectivity index is 2.67. The number of hydrogen-bond acceptors (Lipinski definition) is 2. The van der Waals surface area contributed by atoms with Crippen LogP contribution in [-0.2, 0) is 9.59 Å². The van der Waals surface area contributed by atoms with Crippen molar-refractivity contribution in [3.8, 4) is 0 Å². The molecule has 4 heteroatoms. The Morgan fingerprint density at radius 3 is 2.63 bits per heavy atom. The van der Waals surface area contributed by atoms with E-state index >= 15 is 0 Å². The number of nitrogens with one attached hydrogen (secondary N) is 1. The molecule has 1 N–H and O–H groups in total. The summed E-state index contributed by atoms with van der Waals surface area (Å²) in [6.07, 6.45) is 2.64. The maximum atomic E-state index is 11.9. The molecule has 0 spiro atoms. The Morgan fingerprint density at radius 2 is 2.05 bits per heavy atom. The van der Waals surface area contributed by atoms with Gasteiger partial charge in [-0.25, -0.2) is 0 Å². The predicted molar refractivity (Wildman–Crippen MR) is 78.1 cm³/mol. The molecule has 19 heavy (non-hydrogen) atoms. The molecular formula is C15H16ClNO2. The van der Waals surface area contributed by atoms with Crippen LogP contribution in [0.15, 0.2) is 48.0 Å². The molecular weight excluding hydrogens is 262 g/mol. The van der Waals surface area contributed by atoms with Crippen molar-refractivity contribution in [3.63, 3.8) is 0 Å². The Labute approximate surface area is 118 Å². The minimum atomic E-state index is -0.771. The van der Waals surface area contributed by atoms with Gasteiger partial charge >= 0.3 is 0 Å². The predicted octanol–water partition coefficient (Wildman–Crippen LogP) is 3.45. The van der Waals surface area contributed by atoms with Crippen molar-refractivity contribution >= 4 is 29.0 Å². The second-order valence-electron chi connectivity index (χ2n) is 4.26. The SMILES string of the molecule is C=C(Cl)/C=C\C(=O)C(C)C(=O)Nc1cccc(C)c1. The number of carbonyl (C=O) groups excluding carboxylic acids is 2. The van der Waals surface area contributed by atoms with Crippen LogP contribution in [0.25, 0.3) is 0 Å². The lowest BCUT2D eigenvalue weighted by Gasteiger charge is -2.10. The fourth-order valence-electron chi connectivity index (χ4n) is 1.42. The van der Waals surface area contributed by atoms with E-state index in [1.807, 2.05) is 25.1 Å². The van der Waals surface area contributed by atoms with E-state index in [0.717, 1.165) is 5.56 Å². The average Bonchev–Trinajstić information content (AvgIpc) is 2.34. The third-order valence-electron chi connectivity index (χ3n) is 2.53. The Hall–Kier alpha value is -1.87. The summed E-state index contributed by atoms with van der Waals surface area (Å²) >= 11 is 5.52. The third-order valence-corrected chi connectivity index (χ3v) is 2.66. The molecule has 0 heterocycles. The van der Waals surface area contributed by atoms with Crippen molar-refractivity contribution in [1.82, 2.24) is 0 Å². The molecule has 0 saturated heterocycles. The van der Waals surface area contributed by atoms with Crippen molar-refractivity contribution in [2.75, 3.05) is 5.32 Å². The lowest BCUT2D eigenvalue weighted by atomic mass is 10.0. The number of aryl methyl sites for hydroxylation is 1. The van der Waals surface area contributed by atoms with Gasteiger partial charge in [-0.1, -0.05) is 30.3 Å². The van der Waals surface area contributed by atoms with Crippen molar-refractivity contribution in [3.05, 3.63) is 53.6 Å². The monoisotopic (exact) mass is 277 g/mol. The molecule has 0 bridgehead atoms. The number of ketones is 1. The topological polar surface area (TPSA) is 46.2 Å². The van der Waals surface area contributed by atoms with Crippen LogP contribution in [0.1, 0.15) is 12.5 Å². The normalized spacial score (nSPS) is 12.2. The van der Waals surface area contributed by atoms with E-state index in [1.165, 1.54) is 12.2 Å². The van der Waals surface area contributed by atoms with Crippen LogP contribution in [0.2, 0.25) is 0 Å². The standard InChI is InChI=1S/C15H16ClNO2/c1-10-5-4-6-13(9-10)17-15(19)12(3)14(18)8-7-11(2)16/h4-9,12H,2H2,1,3H3,(H,17,19)/b8-7-. The second kappa shape index (κ2) is 6.90. The molecule has 0 aliphatic carbocycles. The summed E-state index contributed by atoms with van der Waals surface area (Å²) in [6, 6.07) is 7.39. The summed E-state index contributed by atoms with van der Waals surface area (Å²) in [7, 11) is 0. The van der Waals surface area contributed by atoms with Gasteiger partial charge in [0, 0.05) is 10.7 Å². The summed E-state index contributed by atoms with van der Waals surface area (Å²) in [5.74, 6) is -1.43. The van der Waals surface area contributed by atoms with Crippen molar-refractivity contribution in [2.45, 2.75) is 13.8 Å². The highest BCUT2D eigenvalue weighted by molar-refractivity contribution is 6.31. The Bertz CT molecular complexity index is 535. The lowest BCUT2D eigenvalue weighted by Crippen LogP contribution is -2.26. The van der Waals surface area contributed by atoms with Gasteiger partial charge in [0.25, 0.3) is 0 Å². The maximum Gasteiger partial charge on any atom is 0.235 e. The van der Waals surface area contributed by atoms with Crippen molar-refractivity contribution in [1.29, 1.82) is 0 Å². The van der Waals surface area contributed by atoms with Crippen molar-refractivity contribution < 1.29 is 9.59 Å². The number of anilines is 1. The van der Waals surface area contributed by atoms with E-state index in [-0.39, 0.29) is 16.7 Å². The highest BCUT2D eigenvalue weighted by atomic mass is 35.5. The van der Waals surface area contributed by atoms with E-state index in [2.05, 4.69) is 11.9 Å². The molecule has 1 rings (SSSR count). The number of carbonyl (C=O) groups is 2. The fourth-order valence-corrected chi connectivity index (χ4v) is 1.48. The number of allylic oxidation sites excluding steroid dienone is 3. The molecule has 0 saturated carbocycles. The first kappa shape index (κ1) is 15.2. The minimum Gasteiger partial charge on any atom is -0.325 e.